The molecular weight excluding hydrogens is 184 g/mol. The summed E-state index contributed by atoms with van der Waals surface area (Å²) in [6.45, 7) is 4.29. The van der Waals surface area contributed by atoms with E-state index < -0.39 is 0 Å². The van der Waals surface area contributed by atoms with Crippen LogP contribution in [0, 0.1) is 0 Å². The van der Waals surface area contributed by atoms with Gasteiger partial charge in [0, 0.05) is 5.02 Å². The summed E-state index contributed by atoms with van der Waals surface area (Å²) in [6.07, 6.45) is 2.20. The van der Waals surface area contributed by atoms with Gasteiger partial charge in [-0.2, -0.15) is 0 Å². The highest BCUT2D eigenvalue weighted by atomic mass is 35.5. The van der Waals surface area contributed by atoms with E-state index in [0.717, 1.165) is 5.02 Å². The lowest BCUT2D eigenvalue weighted by Gasteiger charge is -1.99. The van der Waals surface area contributed by atoms with Crippen LogP contribution in [0.5, 0.6) is 0 Å². The molecule has 0 aliphatic carbocycles. The zero-order valence-electron chi connectivity index (χ0n) is 7.47. The second-order valence-corrected chi connectivity index (χ2v) is 5.66. The Kier molecular flexibility index (Phi) is 3.57. The lowest BCUT2D eigenvalue weighted by Crippen LogP contribution is -2.14. The number of hydrogen-bond donors (Lipinski definition) is 0. The zero-order valence-corrected chi connectivity index (χ0v) is 9.64. The molecule has 0 amide bonds. The maximum absolute atomic E-state index is 5.78. The third-order valence-electron chi connectivity index (χ3n) is 1.89. The molecule has 2 heteroatoms. The van der Waals surface area contributed by atoms with Gasteiger partial charge in [0.15, 0.2) is 0 Å². The van der Waals surface area contributed by atoms with Gasteiger partial charge in [-0.1, -0.05) is 40.2 Å². The smallest absolute Gasteiger partial charge is 0.0816 e. The SMILES string of the molecule is CC=C(C)[SiH2]c1ccc(Cl)cc1. The van der Waals surface area contributed by atoms with Crippen molar-refractivity contribution in [1.29, 1.82) is 0 Å². The molecule has 0 saturated carbocycles. The Morgan fingerprint density at radius 3 is 2.42 bits per heavy atom. The minimum atomic E-state index is -0.201. The molecule has 0 aromatic heterocycles. The molecule has 0 atom stereocenters. The second-order valence-electron chi connectivity index (χ2n) is 2.94. The van der Waals surface area contributed by atoms with E-state index in [9.17, 15) is 0 Å². The van der Waals surface area contributed by atoms with Crippen molar-refractivity contribution >= 4 is 26.3 Å². The molecule has 0 N–H and O–H groups in total. The quantitative estimate of drug-likeness (QED) is 0.636. The summed E-state index contributed by atoms with van der Waals surface area (Å²) in [6, 6.07) is 8.18. The zero-order chi connectivity index (χ0) is 8.97. The van der Waals surface area contributed by atoms with Gasteiger partial charge in [0.2, 0.25) is 0 Å². The van der Waals surface area contributed by atoms with Gasteiger partial charge in [0.05, 0.1) is 9.52 Å². The molecule has 64 valence electrons. The van der Waals surface area contributed by atoms with E-state index in [1.807, 2.05) is 12.1 Å². The van der Waals surface area contributed by atoms with Crippen molar-refractivity contribution in [3.05, 3.63) is 40.6 Å². The standard InChI is InChI=1S/C10H13ClSi/c1-3-8(2)12-10-6-4-9(11)5-7-10/h3-7H,12H2,1-2H3. The summed E-state index contributed by atoms with van der Waals surface area (Å²) in [5, 5.41) is 3.80. The van der Waals surface area contributed by atoms with Gasteiger partial charge in [0.25, 0.3) is 0 Å². The van der Waals surface area contributed by atoms with Crippen LogP contribution in [0.15, 0.2) is 35.5 Å². The van der Waals surface area contributed by atoms with Crippen molar-refractivity contribution in [3.8, 4) is 0 Å². The molecule has 1 aromatic rings. The molecule has 0 aliphatic rings. The Morgan fingerprint density at radius 2 is 1.92 bits per heavy atom. The number of allylic oxidation sites excluding steroid dienone is 2. The summed E-state index contributed by atoms with van der Waals surface area (Å²) in [4.78, 5) is 0. The number of rotatable bonds is 2. The highest BCUT2D eigenvalue weighted by Crippen LogP contribution is 2.03. The first-order valence-corrected chi connectivity index (χ1v) is 5.88. The van der Waals surface area contributed by atoms with Crippen LogP contribution in [-0.2, 0) is 0 Å². The van der Waals surface area contributed by atoms with Crippen LogP contribution in [0.25, 0.3) is 0 Å². The average molecular weight is 197 g/mol. The van der Waals surface area contributed by atoms with Gasteiger partial charge >= 0.3 is 0 Å². The van der Waals surface area contributed by atoms with Gasteiger partial charge < -0.3 is 0 Å². The van der Waals surface area contributed by atoms with Crippen molar-refractivity contribution in [1.82, 2.24) is 0 Å². The van der Waals surface area contributed by atoms with Crippen LogP contribution in [0.3, 0.4) is 0 Å². The molecule has 0 bridgehead atoms. The summed E-state index contributed by atoms with van der Waals surface area (Å²) in [5.74, 6) is 0. The molecule has 12 heavy (non-hydrogen) atoms. The first-order valence-electron chi connectivity index (χ1n) is 4.08. The van der Waals surface area contributed by atoms with Crippen molar-refractivity contribution in [2.75, 3.05) is 0 Å². The second kappa shape index (κ2) is 4.48. The largest absolute Gasteiger partial charge is 0.0928 e. The number of hydrogen-bond acceptors (Lipinski definition) is 0. The van der Waals surface area contributed by atoms with E-state index in [0.29, 0.717) is 0 Å². The fourth-order valence-electron chi connectivity index (χ4n) is 1.03. The van der Waals surface area contributed by atoms with Crippen LogP contribution in [0.4, 0.5) is 0 Å². The molecule has 1 rings (SSSR count). The first kappa shape index (κ1) is 9.55. The molecule has 0 aliphatic heterocycles. The maximum Gasteiger partial charge on any atom is 0.0816 e. The van der Waals surface area contributed by atoms with E-state index in [2.05, 4.69) is 32.1 Å². The van der Waals surface area contributed by atoms with Crippen LogP contribution in [0.2, 0.25) is 5.02 Å². The molecular formula is C10H13ClSi. The fraction of sp³-hybridized carbons (Fsp3) is 0.200. The Hall–Kier alpha value is -0.533. The minimum Gasteiger partial charge on any atom is -0.0928 e. The van der Waals surface area contributed by atoms with Gasteiger partial charge in [-0.3, -0.25) is 0 Å². The van der Waals surface area contributed by atoms with Crippen LogP contribution in [-0.4, -0.2) is 9.52 Å². The molecule has 0 heterocycles. The highest BCUT2D eigenvalue weighted by Gasteiger charge is 1.94. The number of benzene rings is 1. The van der Waals surface area contributed by atoms with Crippen molar-refractivity contribution in [3.63, 3.8) is 0 Å². The van der Waals surface area contributed by atoms with Crippen LogP contribution >= 0.6 is 11.6 Å². The molecule has 0 nitrogen and oxygen atoms in total. The molecule has 0 spiro atoms. The summed E-state index contributed by atoms with van der Waals surface area (Å²) in [5.41, 5.74) is 0. The molecule has 0 saturated heterocycles. The van der Waals surface area contributed by atoms with E-state index in [1.54, 1.807) is 0 Å². The Bertz CT molecular complexity index is 274. The normalized spacial score (nSPS) is 12.8. The summed E-state index contributed by atoms with van der Waals surface area (Å²) < 4.78 is 0. The van der Waals surface area contributed by atoms with E-state index in [-0.39, 0.29) is 9.52 Å². The number of halogens is 1. The first-order chi connectivity index (χ1) is 5.72. The Morgan fingerprint density at radius 1 is 1.33 bits per heavy atom. The van der Waals surface area contributed by atoms with Crippen molar-refractivity contribution < 1.29 is 0 Å². The maximum atomic E-state index is 5.78. The van der Waals surface area contributed by atoms with Crippen LogP contribution < -0.4 is 5.19 Å². The Balaban J connectivity index is 2.71. The van der Waals surface area contributed by atoms with Gasteiger partial charge in [-0.25, -0.2) is 0 Å². The molecule has 1 aromatic carbocycles. The summed E-state index contributed by atoms with van der Waals surface area (Å²) in [7, 11) is -0.201. The predicted octanol–water partition coefficient (Wildman–Crippen LogP) is 2.06. The predicted molar refractivity (Wildman–Crippen MR) is 59.1 cm³/mol. The monoisotopic (exact) mass is 196 g/mol. The Labute approximate surface area is 81.1 Å². The fourth-order valence-corrected chi connectivity index (χ4v) is 2.47. The molecule has 0 fully saturated rings. The van der Waals surface area contributed by atoms with Gasteiger partial charge in [-0.05, 0) is 26.0 Å². The highest BCUT2D eigenvalue weighted by molar-refractivity contribution is 6.60. The third kappa shape index (κ3) is 2.84. The molecule has 0 unspecified atom stereocenters. The van der Waals surface area contributed by atoms with E-state index in [4.69, 9.17) is 11.6 Å². The van der Waals surface area contributed by atoms with E-state index >= 15 is 0 Å². The topological polar surface area (TPSA) is 0 Å². The third-order valence-corrected chi connectivity index (χ3v) is 3.99. The van der Waals surface area contributed by atoms with Crippen molar-refractivity contribution in [2.24, 2.45) is 0 Å². The van der Waals surface area contributed by atoms with Gasteiger partial charge in [0.1, 0.15) is 0 Å². The van der Waals surface area contributed by atoms with Crippen molar-refractivity contribution in [2.45, 2.75) is 13.8 Å². The van der Waals surface area contributed by atoms with Gasteiger partial charge in [-0.15, -0.1) is 0 Å². The minimum absolute atomic E-state index is 0.201. The lowest BCUT2D eigenvalue weighted by molar-refractivity contribution is 1.57. The summed E-state index contributed by atoms with van der Waals surface area (Å²) >= 11 is 5.78. The average Bonchev–Trinajstić information content (AvgIpc) is 2.09. The van der Waals surface area contributed by atoms with Crippen LogP contribution in [0.1, 0.15) is 13.8 Å². The lowest BCUT2D eigenvalue weighted by atomic mass is 10.4. The van der Waals surface area contributed by atoms with E-state index in [1.165, 1.54) is 10.4 Å². The molecule has 0 radical (unpaired) electrons.